The maximum Gasteiger partial charge on any atom is 0.243 e. The van der Waals surface area contributed by atoms with Gasteiger partial charge in [0, 0.05) is 19.2 Å². The van der Waals surface area contributed by atoms with Gasteiger partial charge in [-0.2, -0.15) is 0 Å². The van der Waals surface area contributed by atoms with Crippen LogP contribution < -0.4 is 15.8 Å². The van der Waals surface area contributed by atoms with Gasteiger partial charge in [0.1, 0.15) is 6.61 Å². The number of rotatable bonds is 8. The summed E-state index contributed by atoms with van der Waals surface area (Å²) in [5.74, 6) is 0.133. The molecule has 0 atom stereocenters. The second-order valence-electron chi connectivity index (χ2n) is 3.37. The molecule has 0 unspecified atom stereocenters. The molecule has 6 nitrogen and oxygen atoms in total. The Balaban J connectivity index is 2.15. The van der Waals surface area contributed by atoms with E-state index in [0.29, 0.717) is 25.6 Å². The third kappa shape index (κ3) is 5.84. The van der Waals surface area contributed by atoms with Crippen molar-refractivity contribution in [1.29, 1.82) is 0 Å². The van der Waals surface area contributed by atoms with Crippen molar-refractivity contribution in [2.24, 2.45) is 5.73 Å². The van der Waals surface area contributed by atoms with E-state index < -0.39 is 5.91 Å². The Labute approximate surface area is 100 Å². The van der Waals surface area contributed by atoms with Crippen molar-refractivity contribution in [3.8, 4) is 5.88 Å². The van der Waals surface area contributed by atoms with Gasteiger partial charge in [-0.25, -0.2) is 4.98 Å². The summed E-state index contributed by atoms with van der Waals surface area (Å²) in [6.45, 7) is 1.65. The number of nitrogens with zero attached hydrogens (tertiary/aromatic N) is 1. The smallest absolute Gasteiger partial charge is 0.243 e. The number of carbonyl (C=O) groups is 1. The van der Waals surface area contributed by atoms with Gasteiger partial charge in [-0.1, -0.05) is 6.07 Å². The van der Waals surface area contributed by atoms with Gasteiger partial charge in [-0.15, -0.1) is 0 Å². The Kier molecular flexibility index (Phi) is 5.98. The number of carbonyl (C=O) groups excluding carboxylic acids is 1. The molecular formula is C11H17N3O3. The molecule has 0 aliphatic rings. The molecule has 6 heteroatoms. The minimum absolute atomic E-state index is 0.0426. The molecule has 0 radical (unpaired) electrons. The summed E-state index contributed by atoms with van der Waals surface area (Å²) in [6, 6.07) is 5.58. The van der Waals surface area contributed by atoms with E-state index in [1.165, 1.54) is 0 Å². The number of primary amides is 1. The van der Waals surface area contributed by atoms with Crippen molar-refractivity contribution in [2.45, 2.75) is 6.54 Å². The van der Waals surface area contributed by atoms with E-state index in [9.17, 15) is 4.79 Å². The van der Waals surface area contributed by atoms with Crippen LogP contribution in [-0.2, 0) is 16.1 Å². The number of nitrogens with two attached hydrogens (primary N) is 1. The molecule has 0 aliphatic heterocycles. The van der Waals surface area contributed by atoms with Crippen molar-refractivity contribution in [3.05, 3.63) is 23.9 Å². The quantitative estimate of drug-likeness (QED) is 0.607. The summed E-state index contributed by atoms with van der Waals surface area (Å²) in [5.41, 5.74) is 5.81. The Morgan fingerprint density at radius 1 is 1.53 bits per heavy atom. The largest absolute Gasteiger partial charge is 0.481 e. The first-order chi connectivity index (χ1) is 8.22. The maximum atomic E-state index is 10.4. The molecular weight excluding hydrogens is 222 g/mol. The molecule has 1 rings (SSSR count). The number of methoxy groups -OCH3 is 1. The minimum Gasteiger partial charge on any atom is -0.481 e. The fourth-order valence-electron chi connectivity index (χ4n) is 1.20. The second-order valence-corrected chi connectivity index (χ2v) is 3.37. The molecule has 0 spiro atoms. The van der Waals surface area contributed by atoms with Crippen molar-refractivity contribution in [1.82, 2.24) is 10.3 Å². The van der Waals surface area contributed by atoms with E-state index in [1.54, 1.807) is 13.2 Å². The Bertz CT molecular complexity index is 358. The maximum absolute atomic E-state index is 10.4. The van der Waals surface area contributed by atoms with Gasteiger partial charge < -0.3 is 20.5 Å². The van der Waals surface area contributed by atoms with Crippen LogP contribution in [0.1, 0.15) is 5.69 Å². The molecule has 0 aromatic carbocycles. The molecule has 0 bridgehead atoms. The van der Waals surface area contributed by atoms with Crippen LogP contribution in [0.2, 0.25) is 0 Å². The van der Waals surface area contributed by atoms with Crippen LogP contribution in [0.5, 0.6) is 5.88 Å². The summed E-state index contributed by atoms with van der Waals surface area (Å²) in [7, 11) is 1.58. The van der Waals surface area contributed by atoms with Gasteiger partial charge in [0.05, 0.1) is 19.4 Å². The number of aromatic nitrogens is 1. The molecule has 1 amide bonds. The van der Waals surface area contributed by atoms with Gasteiger partial charge in [0.25, 0.3) is 0 Å². The fourth-order valence-corrected chi connectivity index (χ4v) is 1.20. The van der Waals surface area contributed by atoms with E-state index in [2.05, 4.69) is 10.3 Å². The normalized spacial score (nSPS) is 10.2. The lowest BCUT2D eigenvalue weighted by atomic mass is 10.3. The topological polar surface area (TPSA) is 86.5 Å². The molecule has 0 saturated heterocycles. The summed E-state index contributed by atoms with van der Waals surface area (Å²) in [4.78, 5) is 14.6. The minimum atomic E-state index is -0.459. The van der Waals surface area contributed by atoms with Crippen LogP contribution in [-0.4, -0.2) is 37.8 Å². The third-order valence-corrected chi connectivity index (χ3v) is 1.96. The number of nitrogens with one attached hydrogen (secondary N) is 1. The second kappa shape index (κ2) is 7.59. The first kappa shape index (κ1) is 13.4. The first-order valence-corrected chi connectivity index (χ1v) is 5.29. The van der Waals surface area contributed by atoms with Gasteiger partial charge in [-0.3, -0.25) is 4.79 Å². The van der Waals surface area contributed by atoms with E-state index in [1.807, 2.05) is 12.1 Å². The average molecular weight is 239 g/mol. The van der Waals surface area contributed by atoms with Crippen molar-refractivity contribution >= 4 is 5.91 Å². The zero-order chi connectivity index (χ0) is 12.5. The zero-order valence-corrected chi connectivity index (χ0v) is 9.81. The average Bonchev–Trinajstić information content (AvgIpc) is 2.33. The third-order valence-electron chi connectivity index (χ3n) is 1.96. The molecule has 0 saturated carbocycles. The van der Waals surface area contributed by atoms with Gasteiger partial charge in [0.15, 0.2) is 0 Å². The predicted octanol–water partition coefficient (Wildman–Crippen LogP) is -0.318. The number of hydrogen-bond acceptors (Lipinski definition) is 5. The summed E-state index contributed by atoms with van der Waals surface area (Å²) < 4.78 is 10.0. The van der Waals surface area contributed by atoms with Crippen molar-refractivity contribution < 1.29 is 14.3 Å². The molecule has 0 fully saturated rings. The molecule has 0 aliphatic carbocycles. The molecule has 94 valence electrons. The highest BCUT2D eigenvalue weighted by Gasteiger charge is 1.97. The monoisotopic (exact) mass is 239 g/mol. The van der Waals surface area contributed by atoms with Crippen LogP contribution in [0.4, 0.5) is 0 Å². The Morgan fingerprint density at radius 3 is 3.06 bits per heavy atom. The zero-order valence-electron chi connectivity index (χ0n) is 9.81. The fraction of sp³-hybridized carbons (Fsp3) is 0.455. The van der Waals surface area contributed by atoms with Crippen LogP contribution in [0, 0.1) is 0 Å². The number of hydrogen-bond donors (Lipinski definition) is 2. The number of pyridine rings is 1. The van der Waals surface area contributed by atoms with Crippen LogP contribution in [0.25, 0.3) is 0 Å². The predicted molar refractivity (Wildman–Crippen MR) is 62.5 cm³/mol. The van der Waals surface area contributed by atoms with E-state index in [-0.39, 0.29) is 6.61 Å². The van der Waals surface area contributed by atoms with Crippen LogP contribution >= 0.6 is 0 Å². The molecule has 17 heavy (non-hydrogen) atoms. The standard InChI is InChI=1S/C11H17N3O3/c1-16-11-4-2-3-9(14-11)7-13-5-6-17-8-10(12)15/h2-4,13H,5-8H2,1H3,(H2,12,15). The number of ether oxygens (including phenoxy) is 2. The first-order valence-electron chi connectivity index (χ1n) is 5.29. The summed E-state index contributed by atoms with van der Waals surface area (Å²) in [5, 5.41) is 3.13. The molecule has 1 aromatic heterocycles. The molecule has 3 N–H and O–H groups in total. The van der Waals surface area contributed by atoms with E-state index >= 15 is 0 Å². The van der Waals surface area contributed by atoms with Crippen LogP contribution in [0.15, 0.2) is 18.2 Å². The molecule has 1 heterocycles. The van der Waals surface area contributed by atoms with E-state index in [4.69, 9.17) is 15.2 Å². The SMILES string of the molecule is COc1cccc(CNCCOCC(N)=O)n1. The summed E-state index contributed by atoms with van der Waals surface area (Å²) >= 11 is 0. The van der Waals surface area contributed by atoms with Gasteiger partial charge >= 0.3 is 0 Å². The lowest BCUT2D eigenvalue weighted by molar-refractivity contribution is -0.122. The molecule has 1 aromatic rings. The summed E-state index contributed by atoms with van der Waals surface area (Å²) in [6.07, 6.45) is 0. The Morgan fingerprint density at radius 2 is 2.35 bits per heavy atom. The van der Waals surface area contributed by atoms with E-state index in [0.717, 1.165) is 5.69 Å². The Hall–Kier alpha value is -1.66. The lowest BCUT2D eigenvalue weighted by Gasteiger charge is -2.05. The van der Waals surface area contributed by atoms with Crippen LogP contribution in [0.3, 0.4) is 0 Å². The highest BCUT2D eigenvalue weighted by molar-refractivity contribution is 5.74. The lowest BCUT2D eigenvalue weighted by Crippen LogP contribution is -2.24. The highest BCUT2D eigenvalue weighted by Crippen LogP contribution is 2.05. The van der Waals surface area contributed by atoms with Crippen molar-refractivity contribution in [3.63, 3.8) is 0 Å². The van der Waals surface area contributed by atoms with Gasteiger partial charge in [0.2, 0.25) is 11.8 Å². The highest BCUT2D eigenvalue weighted by atomic mass is 16.5. The number of amides is 1. The van der Waals surface area contributed by atoms with Crippen molar-refractivity contribution in [2.75, 3.05) is 26.9 Å². The van der Waals surface area contributed by atoms with Gasteiger partial charge in [-0.05, 0) is 6.07 Å².